The Hall–Kier alpha value is -1.71. The average molecular weight is 373 g/mol. The lowest BCUT2D eigenvalue weighted by atomic mass is 10.1. The molecule has 1 heterocycles. The molecule has 0 aromatic heterocycles. The van der Waals surface area contributed by atoms with E-state index in [0.29, 0.717) is 31.5 Å². The second-order valence-corrected chi connectivity index (χ2v) is 7.63. The molecule has 1 saturated heterocycles. The zero-order chi connectivity index (χ0) is 18.3. The summed E-state index contributed by atoms with van der Waals surface area (Å²) in [6, 6.07) is 6.11. The molecule has 0 saturated carbocycles. The van der Waals surface area contributed by atoms with Crippen molar-refractivity contribution in [3.63, 3.8) is 0 Å². The lowest BCUT2D eigenvalue weighted by Gasteiger charge is -2.28. The van der Waals surface area contributed by atoms with Crippen LogP contribution < -0.4 is 10.0 Å². The van der Waals surface area contributed by atoms with Gasteiger partial charge in [-0.2, -0.15) is 0 Å². The standard InChI is InChI=1S/C16H24FN3O4S/c1-24-10-7-19-25(22,23)15-4-2-3-13(11-15)12-18-16(21)20-8-5-14(17)6-9-20/h2-4,11,14,19H,5-10,12H2,1H3,(H,18,21). The van der Waals surface area contributed by atoms with E-state index in [4.69, 9.17) is 4.74 Å². The molecule has 1 aromatic carbocycles. The average Bonchev–Trinajstić information content (AvgIpc) is 2.61. The Morgan fingerprint density at radius 1 is 1.36 bits per heavy atom. The Morgan fingerprint density at radius 3 is 2.76 bits per heavy atom. The number of carbonyl (C=O) groups excluding carboxylic acids is 1. The molecule has 9 heteroatoms. The first-order valence-corrected chi connectivity index (χ1v) is 9.65. The summed E-state index contributed by atoms with van der Waals surface area (Å²) in [6.45, 7) is 1.46. The minimum Gasteiger partial charge on any atom is -0.383 e. The van der Waals surface area contributed by atoms with Gasteiger partial charge in [0.1, 0.15) is 6.17 Å². The summed E-state index contributed by atoms with van der Waals surface area (Å²) in [6.07, 6.45) is -0.126. The number of likely N-dealkylation sites (tertiary alicyclic amines) is 1. The van der Waals surface area contributed by atoms with Crippen LogP contribution in [0, 0.1) is 0 Å². The molecule has 0 radical (unpaired) electrons. The lowest BCUT2D eigenvalue weighted by Crippen LogP contribution is -2.44. The molecular weight excluding hydrogens is 349 g/mol. The molecule has 140 valence electrons. The van der Waals surface area contributed by atoms with Crippen LogP contribution in [0.1, 0.15) is 18.4 Å². The second-order valence-electron chi connectivity index (χ2n) is 5.86. The van der Waals surface area contributed by atoms with E-state index in [1.807, 2.05) is 0 Å². The summed E-state index contributed by atoms with van der Waals surface area (Å²) in [5.74, 6) is 0. The highest BCUT2D eigenvalue weighted by Crippen LogP contribution is 2.14. The highest BCUT2D eigenvalue weighted by atomic mass is 32.2. The number of sulfonamides is 1. The van der Waals surface area contributed by atoms with Gasteiger partial charge in [0.25, 0.3) is 0 Å². The van der Waals surface area contributed by atoms with Crippen LogP contribution in [-0.2, 0) is 21.3 Å². The van der Waals surface area contributed by atoms with Gasteiger partial charge in [-0.05, 0) is 30.5 Å². The number of hydrogen-bond acceptors (Lipinski definition) is 4. The number of alkyl halides is 1. The van der Waals surface area contributed by atoms with Gasteiger partial charge in [0.05, 0.1) is 11.5 Å². The number of carbonyl (C=O) groups is 1. The molecular formula is C16H24FN3O4S. The minimum absolute atomic E-state index is 0.133. The first kappa shape index (κ1) is 19.6. The molecule has 0 bridgehead atoms. The van der Waals surface area contributed by atoms with Crippen molar-refractivity contribution in [2.75, 3.05) is 33.4 Å². The number of benzene rings is 1. The molecule has 2 N–H and O–H groups in total. The zero-order valence-corrected chi connectivity index (χ0v) is 15.0. The molecule has 25 heavy (non-hydrogen) atoms. The number of urea groups is 1. The molecule has 0 spiro atoms. The van der Waals surface area contributed by atoms with Crippen LogP contribution in [0.3, 0.4) is 0 Å². The third kappa shape index (κ3) is 5.94. The summed E-state index contributed by atoms with van der Waals surface area (Å²) in [4.78, 5) is 13.8. The van der Waals surface area contributed by atoms with Gasteiger partial charge in [-0.25, -0.2) is 22.3 Å². The van der Waals surface area contributed by atoms with Crippen LogP contribution in [0.2, 0.25) is 0 Å². The molecule has 0 atom stereocenters. The second kappa shape index (κ2) is 9.12. The van der Waals surface area contributed by atoms with E-state index in [9.17, 15) is 17.6 Å². The molecule has 7 nitrogen and oxygen atoms in total. The van der Waals surface area contributed by atoms with Crippen LogP contribution in [0.25, 0.3) is 0 Å². The predicted octanol–water partition coefficient (Wildman–Crippen LogP) is 1.25. The lowest BCUT2D eigenvalue weighted by molar-refractivity contribution is 0.152. The molecule has 0 unspecified atom stereocenters. The topological polar surface area (TPSA) is 87.7 Å². The predicted molar refractivity (Wildman–Crippen MR) is 91.4 cm³/mol. The Morgan fingerprint density at radius 2 is 2.08 bits per heavy atom. The third-order valence-electron chi connectivity index (χ3n) is 3.96. The van der Waals surface area contributed by atoms with E-state index in [1.54, 1.807) is 17.0 Å². The number of nitrogens with one attached hydrogen (secondary N) is 2. The smallest absolute Gasteiger partial charge is 0.317 e. The number of ether oxygens (including phenoxy) is 1. The summed E-state index contributed by atoms with van der Waals surface area (Å²) in [7, 11) is -2.12. The van der Waals surface area contributed by atoms with Crippen molar-refractivity contribution >= 4 is 16.1 Å². The van der Waals surface area contributed by atoms with Crippen molar-refractivity contribution < 1.29 is 22.3 Å². The molecule has 2 amide bonds. The van der Waals surface area contributed by atoms with E-state index in [-0.39, 0.29) is 30.6 Å². The number of rotatable bonds is 7. The van der Waals surface area contributed by atoms with Gasteiger partial charge >= 0.3 is 6.03 Å². The van der Waals surface area contributed by atoms with E-state index in [1.165, 1.54) is 19.2 Å². The van der Waals surface area contributed by atoms with Crippen LogP contribution >= 0.6 is 0 Å². The highest BCUT2D eigenvalue weighted by molar-refractivity contribution is 7.89. The normalized spacial score (nSPS) is 16.0. The number of amides is 2. The van der Waals surface area contributed by atoms with E-state index in [0.717, 1.165) is 0 Å². The fourth-order valence-electron chi connectivity index (χ4n) is 2.52. The van der Waals surface area contributed by atoms with Crippen molar-refractivity contribution in [3.8, 4) is 0 Å². The molecule has 2 rings (SSSR count). The number of piperidine rings is 1. The number of nitrogens with zero attached hydrogens (tertiary/aromatic N) is 1. The van der Waals surface area contributed by atoms with Crippen LogP contribution in [-0.4, -0.2) is 58.9 Å². The third-order valence-corrected chi connectivity index (χ3v) is 5.42. The van der Waals surface area contributed by atoms with Crippen LogP contribution in [0.15, 0.2) is 29.2 Å². The highest BCUT2D eigenvalue weighted by Gasteiger charge is 2.22. The summed E-state index contributed by atoms with van der Waals surface area (Å²) < 4.78 is 44.7. The SMILES string of the molecule is COCCNS(=O)(=O)c1cccc(CNC(=O)N2CCC(F)CC2)c1. The van der Waals surface area contributed by atoms with Gasteiger partial charge in [0.2, 0.25) is 10.0 Å². The summed E-state index contributed by atoms with van der Waals surface area (Å²) in [5, 5.41) is 2.74. The Bertz CT molecular complexity index is 676. The molecule has 1 aliphatic rings. The van der Waals surface area contributed by atoms with Crippen molar-refractivity contribution in [1.82, 2.24) is 14.9 Å². The first-order chi connectivity index (χ1) is 11.9. The Kier molecular flexibility index (Phi) is 7.15. The van der Waals surface area contributed by atoms with E-state index in [2.05, 4.69) is 10.0 Å². The molecule has 0 aliphatic carbocycles. The quantitative estimate of drug-likeness (QED) is 0.705. The number of hydrogen-bond donors (Lipinski definition) is 2. The molecule has 1 fully saturated rings. The monoisotopic (exact) mass is 373 g/mol. The van der Waals surface area contributed by atoms with E-state index < -0.39 is 16.2 Å². The van der Waals surface area contributed by atoms with Gasteiger partial charge in [0.15, 0.2) is 0 Å². The first-order valence-electron chi connectivity index (χ1n) is 8.17. The minimum atomic E-state index is -3.61. The van der Waals surface area contributed by atoms with Gasteiger partial charge in [-0.15, -0.1) is 0 Å². The largest absolute Gasteiger partial charge is 0.383 e. The van der Waals surface area contributed by atoms with Crippen molar-refractivity contribution in [2.24, 2.45) is 0 Å². The fourth-order valence-corrected chi connectivity index (χ4v) is 3.61. The van der Waals surface area contributed by atoms with Crippen molar-refractivity contribution in [2.45, 2.75) is 30.5 Å². The zero-order valence-electron chi connectivity index (χ0n) is 14.2. The van der Waals surface area contributed by atoms with Gasteiger partial charge < -0.3 is 15.0 Å². The Balaban J connectivity index is 1.91. The van der Waals surface area contributed by atoms with Gasteiger partial charge in [-0.3, -0.25) is 0 Å². The maximum Gasteiger partial charge on any atom is 0.317 e. The molecule has 1 aliphatic heterocycles. The summed E-state index contributed by atoms with van der Waals surface area (Å²) in [5.41, 5.74) is 0.670. The van der Waals surface area contributed by atoms with E-state index >= 15 is 0 Å². The van der Waals surface area contributed by atoms with Crippen LogP contribution in [0.5, 0.6) is 0 Å². The van der Waals surface area contributed by atoms with Crippen molar-refractivity contribution in [1.29, 1.82) is 0 Å². The fraction of sp³-hybridized carbons (Fsp3) is 0.562. The number of halogens is 1. The summed E-state index contributed by atoms with van der Waals surface area (Å²) >= 11 is 0. The molecule has 1 aromatic rings. The van der Waals surface area contributed by atoms with Gasteiger partial charge in [0, 0.05) is 33.3 Å². The maximum atomic E-state index is 13.1. The van der Waals surface area contributed by atoms with Crippen molar-refractivity contribution in [3.05, 3.63) is 29.8 Å². The Labute approximate surface area is 147 Å². The maximum absolute atomic E-state index is 13.1. The van der Waals surface area contributed by atoms with Gasteiger partial charge in [-0.1, -0.05) is 12.1 Å². The number of methoxy groups -OCH3 is 1. The van der Waals surface area contributed by atoms with Crippen LogP contribution in [0.4, 0.5) is 9.18 Å².